The van der Waals surface area contributed by atoms with E-state index in [0.29, 0.717) is 0 Å². The van der Waals surface area contributed by atoms with Crippen molar-refractivity contribution < 1.29 is 0 Å². The maximum Gasteiger partial charge on any atom is 0.186 e. The Morgan fingerprint density at radius 1 is 1.29 bits per heavy atom. The van der Waals surface area contributed by atoms with Crippen LogP contribution >= 0.6 is 0 Å². The number of hydrogen-bond acceptors (Lipinski definition) is 1. The third-order valence-electron chi connectivity index (χ3n) is 2.21. The van der Waals surface area contributed by atoms with Gasteiger partial charge in [-0.05, 0) is 24.5 Å². The second-order valence-electron chi connectivity index (χ2n) is 3.33. The summed E-state index contributed by atoms with van der Waals surface area (Å²) in [5.74, 6) is 0.136. The summed E-state index contributed by atoms with van der Waals surface area (Å²) in [4.78, 5) is 4.08. The van der Waals surface area contributed by atoms with Gasteiger partial charge in [-0.3, -0.25) is 0 Å². The summed E-state index contributed by atoms with van der Waals surface area (Å²) in [5, 5.41) is 0. The molecule has 0 fully saturated rings. The van der Waals surface area contributed by atoms with Crippen LogP contribution in [0.2, 0.25) is 0 Å². The Hall–Kier alpha value is -1.51. The number of nitrogens with two attached hydrogens (primary N) is 2. The van der Waals surface area contributed by atoms with E-state index >= 15 is 0 Å². The van der Waals surface area contributed by atoms with E-state index in [1.165, 1.54) is 5.56 Å². The van der Waals surface area contributed by atoms with Crippen molar-refractivity contribution in [2.24, 2.45) is 16.5 Å². The number of hydrogen-bond donors (Lipinski definition) is 2. The number of guanidine groups is 1. The van der Waals surface area contributed by atoms with Crippen LogP contribution in [0, 0.1) is 0 Å². The van der Waals surface area contributed by atoms with Crippen LogP contribution in [-0.2, 0) is 6.42 Å². The van der Waals surface area contributed by atoms with Crippen molar-refractivity contribution in [3.05, 3.63) is 35.4 Å². The van der Waals surface area contributed by atoms with Gasteiger partial charge in [0.2, 0.25) is 0 Å². The molecule has 14 heavy (non-hydrogen) atoms. The van der Waals surface area contributed by atoms with Gasteiger partial charge in [0.1, 0.15) is 0 Å². The fraction of sp³-hybridized carbons (Fsp3) is 0.364. The first kappa shape index (κ1) is 10.6. The molecule has 3 heteroatoms. The van der Waals surface area contributed by atoms with Gasteiger partial charge in [-0.15, -0.1) is 0 Å². The molecule has 0 spiro atoms. The van der Waals surface area contributed by atoms with Crippen molar-refractivity contribution in [2.75, 3.05) is 0 Å². The Balaban J connectivity index is 2.81. The minimum atomic E-state index is 0.0332. The molecule has 0 saturated carbocycles. The first-order valence-electron chi connectivity index (χ1n) is 4.81. The van der Waals surface area contributed by atoms with Crippen LogP contribution in [0.25, 0.3) is 0 Å². The summed E-state index contributed by atoms with van der Waals surface area (Å²) < 4.78 is 0. The molecule has 1 aromatic carbocycles. The van der Waals surface area contributed by atoms with Crippen molar-refractivity contribution in [3.63, 3.8) is 0 Å². The Bertz CT molecular complexity index is 310. The lowest BCUT2D eigenvalue weighted by atomic mass is 10.1. The first-order chi connectivity index (χ1) is 6.63. The highest BCUT2D eigenvalue weighted by Gasteiger charge is 2.02. The minimum absolute atomic E-state index is 0.0332. The van der Waals surface area contributed by atoms with Crippen LogP contribution in [0.4, 0.5) is 0 Å². The third kappa shape index (κ3) is 2.76. The molecule has 76 valence electrons. The van der Waals surface area contributed by atoms with E-state index in [-0.39, 0.29) is 12.0 Å². The predicted molar refractivity (Wildman–Crippen MR) is 60.0 cm³/mol. The van der Waals surface area contributed by atoms with E-state index in [0.717, 1.165) is 12.0 Å². The number of nitrogens with zero attached hydrogens (tertiary/aromatic N) is 1. The minimum Gasteiger partial charge on any atom is -0.370 e. The van der Waals surface area contributed by atoms with Crippen LogP contribution in [-0.4, -0.2) is 5.96 Å². The van der Waals surface area contributed by atoms with Crippen LogP contribution in [0.15, 0.2) is 29.3 Å². The second kappa shape index (κ2) is 4.65. The van der Waals surface area contributed by atoms with Crippen LogP contribution in [0.5, 0.6) is 0 Å². The van der Waals surface area contributed by atoms with Gasteiger partial charge in [0.25, 0.3) is 0 Å². The first-order valence-corrected chi connectivity index (χ1v) is 4.81. The Morgan fingerprint density at radius 3 is 2.29 bits per heavy atom. The highest BCUT2D eigenvalue weighted by Crippen LogP contribution is 2.16. The molecular formula is C11H17N3. The smallest absolute Gasteiger partial charge is 0.186 e. The van der Waals surface area contributed by atoms with E-state index in [2.05, 4.69) is 36.2 Å². The number of rotatable bonds is 3. The summed E-state index contributed by atoms with van der Waals surface area (Å²) >= 11 is 0. The van der Waals surface area contributed by atoms with Gasteiger partial charge in [-0.2, -0.15) is 0 Å². The lowest BCUT2D eigenvalue weighted by Crippen LogP contribution is -2.23. The zero-order valence-electron chi connectivity index (χ0n) is 8.70. The van der Waals surface area contributed by atoms with Crippen LogP contribution < -0.4 is 11.5 Å². The molecule has 0 amide bonds. The summed E-state index contributed by atoms with van der Waals surface area (Å²) in [6.45, 7) is 4.11. The molecule has 0 aliphatic rings. The lowest BCUT2D eigenvalue weighted by Gasteiger charge is -2.07. The van der Waals surface area contributed by atoms with E-state index in [4.69, 9.17) is 11.5 Å². The molecular weight excluding hydrogens is 174 g/mol. The van der Waals surface area contributed by atoms with Crippen molar-refractivity contribution >= 4 is 5.96 Å². The number of benzene rings is 1. The van der Waals surface area contributed by atoms with Crippen LogP contribution in [0.3, 0.4) is 0 Å². The van der Waals surface area contributed by atoms with E-state index in [9.17, 15) is 0 Å². The fourth-order valence-electron chi connectivity index (χ4n) is 1.33. The molecule has 4 N–H and O–H groups in total. The average Bonchev–Trinajstić information content (AvgIpc) is 2.17. The molecule has 1 rings (SSSR count). The highest BCUT2D eigenvalue weighted by molar-refractivity contribution is 5.75. The van der Waals surface area contributed by atoms with Gasteiger partial charge < -0.3 is 11.5 Å². The molecule has 0 radical (unpaired) electrons. The molecule has 0 aliphatic heterocycles. The molecule has 0 heterocycles. The quantitative estimate of drug-likeness (QED) is 0.563. The topological polar surface area (TPSA) is 64.4 Å². The van der Waals surface area contributed by atoms with E-state index in [1.54, 1.807) is 0 Å². The maximum absolute atomic E-state index is 5.31. The Morgan fingerprint density at radius 2 is 1.86 bits per heavy atom. The highest BCUT2D eigenvalue weighted by atomic mass is 15.0. The average molecular weight is 191 g/mol. The molecule has 1 unspecified atom stereocenters. The largest absolute Gasteiger partial charge is 0.370 e. The zero-order valence-corrected chi connectivity index (χ0v) is 8.70. The van der Waals surface area contributed by atoms with Crippen molar-refractivity contribution in [3.8, 4) is 0 Å². The number of aryl methyl sites for hydroxylation is 1. The molecule has 0 aliphatic carbocycles. The molecule has 3 nitrogen and oxygen atoms in total. The zero-order chi connectivity index (χ0) is 10.6. The van der Waals surface area contributed by atoms with Crippen molar-refractivity contribution in [1.82, 2.24) is 0 Å². The normalized spacial score (nSPS) is 12.1. The molecule has 0 bridgehead atoms. The lowest BCUT2D eigenvalue weighted by molar-refractivity contribution is 0.814. The van der Waals surface area contributed by atoms with Gasteiger partial charge in [0.15, 0.2) is 5.96 Å². The predicted octanol–water partition coefficient (Wildman–Crippen LogP) is 1.58. The van der Waals surface area contributed by atoms with Gasteiger partial charge in [0.05, 0.1) is 6.04 Å². The van der Waals surface area contributed by atoms with E-state index < -0.39 is 0 Å². The molecule has 0 saturated heterocycles. The third-order valence-corrected chi connectivity index (χ3v) is 2.21. The summed E-state index contributed by atoms with van der Waals surface area (Å²) in [7, 11) is 0. The molecule has 0 aromatic heterocycles. The SMILES string of the molecule is CCc1ccc(C(C)N=C(N)N)cc1. The van der Waals surface area contributed by atoms with Gasteiger partial charge in [-0.1, -0.05) is 31.2 Å². The maximum atomic E-state index is 5.31. The monoisotopic (exact) mass is 191 g/mol. The van der Waals surface area contributed by atoms with Crippen LogP contribution in [0.1, 0.15) is 31.0 Å². The summed E-state index contributed by atoms with van der Waals surface area (Å²) in [6, 6.07) is 8.37. The summed E-state index contributed by atoms with van der Waals surface area (Å²) in [6.07, 6.45) is 1.05. The van der Waals surface area contributed by atoms with Gasteiger partial charge >= 0.3 is 0 Å². The van der Waals surface area contributed by atoms with Crippen molar-refractivity contribution in [1.29, 1.82) is 0 Å². The van der Waals surface area contributed by atoms with Crippen molar-refractivity contribution in [2.45, 2.75) is 26.3 Å². The Kier molecular flexibility index (Phi) is 3.51. The number of aliphatic imine (C=N–C) groups is 1. The second-order valence-corrected chi connectivity index (χ2v) is 3.33. The van der Waals surface area contributed by atoms with Gasteiger partial charge in [-0.25, -0.2) is 4.99 Å². The Labute approximate surface area is 84.8 Å². The molecule has 1 atom stereocenters. The van der Waals surface area contributed by atoms with Gasteiger partial charge in [0, 0.05) is 0 Å². The fourth-order valence-corrected chi connectivity index (χ4v) is 1.33. The molecule has 1 aromatic rings. The van der Waals surface area contributed by atoms with E-state index in [1.807, 2.05) is 6.92 Å². The standard InChI is InChI=1S/C11H17N3/c1-3-9-4-6-10(7-5-9)8(2)14-11(12)13/h4-8H,3H2,1-2H3,(H4,12,13,14). The summed E-state index contributed by atoms with van der Waals surface area (Å²) in [5.41, 5.74) is 13.1.